The molecule has 2 rings (SSSR count). The van der Waals surface area contributed by atoms with Gasteiger partial charge in [0.1, 0.15) is 0 Å². The predicted octanol–water partition coefficient (Wildman–Crippen LogP) is 1.07. The van der Waals surface area contributed by atoms with E-state index in [9.17, 15) is 4.79 Å². The predicted molar refractivity (Wildman–Crippen MR) is 63.1 cm³/mol. The highest BCUT2D eigenvalue weighted by Crippen LogP contribution is 2.07. The molecule has 1 heterocycles. The third-order valence-electron chi connectivity index (χ3n) is 2.38. The maximum Gasteiger partial charge on any atom is 0.347 e. The molecule has 2 N–H and O–H groups in total. The summed E-state index contributed by atoms with van der Waals surface area (Å²) in [7, 11) is 0. The number of aryl methyl sites for hydroxylation is 2. The second-order valence-electron chi connectivity index (χ2n) is 3.59. The summed E-state index contributed by atoms with van der Waals surface area (Å²) in [5, 5.41) is 0. The lowest BCUT2D eigenvalue weighted by atomic mass is 10.1. The van der Waals surface area contributed by atoms with Crippen LogP contribution < -0.4 is 11.4 Å². The normalized spacial score (nSPS) is 10.2. The second kappa shape index (κ2) is 4.61. The van der Waals surface area contributed by atoms with Gasteiger partial charge in [-0.2, -0.15) is 0 Å². The van der Waals surface area contributed by atoms with Crippen LogP contribution in [0.1, 0.15) is 5.56 Å². The van der Waals surface area contributed by atoms with Crippen LogP contribution in [0.3, 0.4) is 0 Å². The SMILES string of the molecule is Nc1cccc(CCn2cccnc2=O)c1. The van der Waals surface area contributed by atoms with Gasteiger partial charge in [-0.15, -0.1) is 0 Å². The van der Waals surface area contributed by atoms with Gasteiger partial charge in [0, 0.05) is 24.6 Å². The summed E-state index contributed by atoms with van der Waals surface area (Å²) in [5.41, 5.74) is 7.33. The zero-order valence-corrected chi connectivity index (χ0v) is 8.84. The first-order chi connectivity index (χ1) is 7.75. The number of nitrogens with zero attached hydrogens (tertiary/aromatic N) is 2. The highest BCUT2D eigenvalue weighted by molar-refractivity contribution is 5.40. The van der Waals surface area contributed by atoms with Gasteiger partial charge in [-0.25, -0.2) is 9.78 Å². The molecule has 4 heteroatoms. The Balaban J connectivity index is 2.08. The smallest absolute Gasteiger partial charge is 0.347 e. The standard InChI is InChI=1S/C12H13N3O/c13-11-4-1-3-10(9-11)5-8-15-7-2-6-14-12(15)16/h1-4,6-7,9H,5,8,13H2. The largest absolute Gasteiger partial charge is 0.399 e. The van der Waals surface area contributed by atoms with Gasteiger partial charge in [-0.05, 0) is 30.2 Å². The third-order valence-corrected chi connectivity index (χ3v) is 2.38. The van der Waals surface area contributed by atoms with Crippen LogP contribution >= 0.6 is 0 Å². The molecule has 0 saturated heterocycles. The van der Waals surface area contributed by atoms with Crippen molar-refractivity contribution in [1.82, 2.24) is 9.55 Å². The Morgan fingerprint density at radius 1 is 1.31 bits per heavy atom. The summed E-state index contributed by atoms with van der Waals surface area (Å²) in [6.45, 7) is 0.621. The van der Waals surface area contributed by atoms with Crippen LogP contribution in [-0.4, -0.2) is 9.55 Å². The van der Waals surface area contributed by atoms with Crippen LogP contribution in [0.15, 0.2) is 47.5 Å². The number of aromatic nitrogens is 2. The molecule has 4 nitrogen and oxygen atoms in total. The van der Waals surface area contributed by atoms with Crippen molar-refractivity contribution in [2.75, 3.05) is 5.73 Å². The van der Waals surface area contributed by atoms with E-state index in [-0.39, 0.29) is 5.69 Å². The molecule has 0 unspecified atom stereocenters. The lowest BCUT2D eigenvalue weighted by molar-refractivity contribution is 0.649. The van der Waals surface area contributed by atoms with Crippen molar-refractivity contribution < 1.29 is 0 Å². The average Bonchev–Trinajstić information content (AvgIpc) is 2.28. The van der Waals surface area contributed by atoms with E-state index in [1.807, 2.05) is 24.3 Å². The highest BCUT2D eigenvalue weighted by Gasteiger charge is 1.97. The average molecular weight is 215 g/mol. The van der Waals surface area contributed by atoms with Crippen LogP contribution in [0.25, 0.3) is 0 Å². The molecule has 2 aromatic rings. The van der Waals surface area contributed by atoms with Gasteiger partial charge in [-0.1, -0.05) is 12.1 Å². The van der Waals surface area contributed by atoms with Gasteiger partial charge < -0.3 is 5.73 Å². The molecular weight excluding hydrogens is 202 g/mol. The molecule has 16 heavy (non-hydrogen) atoms. The summed E-state index contributed by atoms with van der Waals surface area (Å²) in [6.07, 6.45) is 4.01. The molecule has 0 bridgehead atoms. The number of nitrogens with two attached hydrogens (primary N) is 1. The molecular formula is C12H13N3O. The Bertz CT molecular complexity index is 534. The summed E-state index contributed by atoms with van der Waals surface area (Å²) < 4.78 is 1.59. The number of anilines is 1. The minimum Gasteiger partial charge on any atom is -0.399 e. The van der Waals surface area contributed by atoms with Crippen molar-refractivity contribution in [3.8, 4) is 0 Å². The van der Waals surface area contributed by atoms with Crippen molar-refractivity contribution in [2.24, 2.45) is 0 Å². The minimum absolute atomic E-state index is 0.216. The number of hydrogen-bond acceptors (Lipinski definition) is 3. The Labute approximate surface area is 93.4 Å². The zero-order chi connectivity index (χ0) is 11.4. The fourth-order valence-corrected chi connectivity index (χ4v) is 1.56. The zero-order valence-electron chi connectivity index (χ0n) is 8.84. The Morgan fingerprint density at radius 3 is 2.94 bits per heavy atom. The highest BCUT2D eigenvalue weighted by atomic mass is 16.1. The number of benzene rings is 1. The van der Waals surface area contributed by atoms with Crippen LogP contribution in [0.5, 0.6) is 0 Å². The van der Waals surface area contributed by atoms with Gasteiger partial charge >= 0.3 is 5.69 Å². The van der Waals surface area contributed by atoms with E-state index in [0.717, 1.165) is 17.7 Å². The molecule has 0 saturated carbocycles. The third kappa shape index (κ3) is 2.48. The van der Waals surface area contributed by atoms with Crippen molar-refractivity contribution >= 4 is 5.69 Å². The van der Waals surface area contributed by atoms with Gasteiger partial charge in [0.15, 0.2) is 0 Å². The molecule has 0 aliphatic carbocycles. The molecule has 0 aliphatic rings. The van der Waals surface area contributed by atoms with Crippen LogP contribution in [0, 0.1) is 0 Å². The summed E-state index contributed by atoms with van der Waals surface area (Å²) in [6, 6.07) is 9.43. The van der Waals surface area contributed by atoms with Crippen molar-refractivity contribution in [3.05, 3.63) is 58.8 Å². The van der Waals surface area contributed by atoms with E-state index < -0.39 is 0 Å². The van der Waals surface area contributed by atoms with Gasteiger partial charge in [0.05, 0.1) is 0 Å². The quantitative estimate of drug-likeness (QED) is 0.779. The van der Waals surface area contributed by atoms with E-state index in [2.05, 4.69) is 4.98 Å². The maximum atomic E-state index is 11.3. The molecule has 82 valence electrons. The molecule has 0 fully saturated rings. The van der Waals surface area contributed by atoms with Gasteiger partial charge in [0.25, 0.3) is 0 Å². The monoisotopic (exact) mass is 215 g/mol. The number of hydrogen-bond donors (Lipinski definition) is 1. The Hall–Kier alpha value is -2.10. The lowest BCUT2D eigenvalue weighted by Gasteiger charge is -2.04. The van der Waals surface area contributed by atoms with E-state index >= 15 is 0 Å². The first-order valence-electron chi connectivity index (χ1n) is 5.11. The fourth-order valence-electron chi connectivity index (χ4n) is 1.56. The molecule has 0 radical (unpaired) electrons. The molecule has 1 aromatic carbocycles. The first kappa shape index (κ1) is 10.4. The van der Waals surface area contributed by atoms with Crippen molar-refractivity contribution in [2.45, 2.75) is 13.0 Å². The molecule has 0 spiro atoms. The first-order valence-corrected chi connectivity index (χ1v) is 5.11. The second-order valence-corrected chi connectivity index (χ2v) is 3.59. The van der Waals surface area contributed by atoms with Crippen LogP contribution in [0.4, 0.5) is 5.69 Å². The Kier molecular flexibility index (Phi) is 3.00. The van der Waals surface area contributed by atoms with E-state index in [1.165, 1.54) is 6.20 Å². The van der Waals surface area contributed by atoms with Crippen LogP contribution in [-0.2, 0) is 13.0 Å². The van der Waals surface area contributed by atoms with Crippen molar-refractivity contribution in [1.29, 1.82) is 0 Å². The maximum absolute atomic E-state index is 11.3. The molecule has 0 atom stereocenters. The van der Waals surface area contributed by atoms with Crippen molar-refractivity contribution in [3.63, 3.8) is 0 Å². The van der Waals surface area contributed by atoms with E-state index in [4.69, 9.17) is 5.73 Å². The number of rotatable bonds is 3. The minimum atomic E-state index is -0.216. The van der Waals surface area contributed by atoms with Gasteiger partial charge in [0.2, 0.25) is 0 Å². The molecule has 0 amide bonds. The van der Waals surface area contributed by atoms with E-state index in [0.29, 0.717) is 6.54 Å². The summed E-state index contributed by atoms with van der Waals surface area (Å²) in [4.78, 5) is 15.0. The van der Waals surface area contributed by atoms with Gasteiger partial charge in [-0.3, -0.25) is 4.57 Å². The van der Waals surface area contributed by atoms with Crippen LogP contribution in [0.2, 0.25) is 0 Å². The number of nitrogen functional groups attached to an aromatic ring is 1. The summed E-state index contributed by atoms with van der Waals surface area (Å²) in [5.74, 6) is 0. The van der Waals surface area contributed by atoms with E-state index in [1.54, 1.807) is 16.8 Å². The fraction of sp³-hybridized carbons (Fsp3) is 0.167. The summed E-state index contributed by atoms with van der Waals surface area (Å²) >= 11 is 0. The topological polar surface area (TPSA) is 60.9 Å². The Morgan fingerprint density at radius 2 is 2.19 bits per heavy atom. The lowest BCUT2D eigenvalue weighted by Crippen LogP contribution is -2.22. The molecule has 1 aromatic heterocycles. The molecule has 0 aliphatic heterocycles.